The lowest BCUT2D eigenvalue weighted by atomic mass is 10.0. The molecule has 0 aliphatic carbocycles. The summed E-state index contributed by atoms with van der Waals surface area (Å²) >= 11 is 4.48. The van der Waals surface area contributed by atoms with Gasteiger partial charge in [-0.25, -0.2) is 0 Å². The summed E-state index contributed by atoms with van der Waals surface area (Å²) in [5.41, 5.74) is 5.72. The topological polar surface area (TPSA) is 95.9 Å². The fourth-order valence-corrected chi connectivity index (χ4v) is 1.51. The first-order valence-corrected chi connectivity index (χ1v) is 5.28. The van der Waals surface area contributed by atoms with Crippen molar-refractivity contribution < 1.29 is 15.0 Å². The van der Waals surface area contributed by atoms with Crippen LogP contribution in [0.5, 0.6) is 0 Å². The van der Waals surface area contributed by atoms with Gasteiger partial charge in [0.1, 0.15) is 6.10 Å². The summed E-state index contributed by atoms with van der Waals surface area (Å²) in [6, 6.07) is 6.59. The minimum atomic E-state index is -1.27. The van der Waals surface area contributed by atoms with Crippen LogP contribution in [-0.4, -0.2) is 27.4 Å². The molecule has 1 aromatic carbocycles. The highest BCUT2D eigenvalue weighted by atomic mass is 32.1. The van der Waals surface area contributed by atoms with E-state index in [2.05, 4.69) is 22.4 Å². The van der Waals surface area contributed by atoms with Crippen LogP contribution in [0.15, 0.2) is 29.3 Å². The van der Waals surface area contributed by atoms with Crippen LogP contribution in [-0.2, 0) is 4.79 Å². The van der Waals surface area contributed by atoms with Gasteiger partial charge in [-0.05, 0) is 18.3 Å². The summed E-state index contributed by atoms with van der Waals surface area (Å²) in [5.74, 6) is -0.688. The van der Waals surface area contributed by atoms with Gasteiger partial charge >= 0.3 is 0 Å². The van der Waals surface area contributed by atoms with E-state index in [1.807, 2.05) is 0 Å². The number of nitrogens with two attached hydrogens (primary N) is 1. The lowest BCUT2D eigenvalue weighted by Gasteiger charge is -2.17. The number of hydrogen-bond donors (Lipinski definition) is 3. The van der Waals surface area contributed by atoms with Crippen molar-refractivity contribution >= 4 is 29.0 Å². The van der Waals surface area contributed by atoms with Crippen molar-refractivity contribution in [3.63, 3.8) is 0 Å². The second kappa shape index (κ2) is 6.22. The molecule has 0 spiro atoms. The zero-order chi connectivity index (χ0) is 12.8. The predicted molar refractivity (Wildman–Crippen MR) is 65.9 cm³/mol. The number of rotatable bonds is 5. The van der Waals surface area contributed by atoms with Crippen LogP contribution in [0, 0.1) is 0 Å². The highest BCUT2D eigenvalue weighted by Gasteiger charge is 2.22. The summed E-state index contributed by atoms with van der Waals surface area (Å²) in [6.45, 7) is 0. The maximum absolute atomic E-state index is 10.7. The van der Waals surface area contributed by atoms with E-state index < -0.39 is 18.1 Å². The van der Waals surface area contributed by atoms with Crippen LogP contribution in [0.1, 0.15) is 18.1 Å². The third-order valence-corrected chi connectivity index (χ3v) is 2.29. The second-order valence-corrected chi connectivity index (χ2v) is 3.63. The highest BCUT2D eigenvalue weighted by Crippen LogP contribution is 2.28. The minimum Gasteiger partial charge on any atom is -0.390 e. The molecule has 0 bridgehead atoms. The van der Waals surface area contributed by atoms with E-state index in [1.165, 1.54) is 0 Å². The van der Waals surface area contributed by atoms with E-state index in [4.69, 9.17) is 5.73 Å². The van der Waals surface area contributed by atoms with Crippen LogP contribution < -0.4 is 5.73 Å². The number of carbonyl (C=O) groups excluding carboxylic acids is 1. The molecule has 1 amide bonds. The predicted octanol–water partition coefficient (Wildman–Crippen LogP) is 0.691. The first-order chi connectivity index (χ1) is 8.06. The second-order valence-electron chi connectivity index (χ2n) is 3.44. The van der Waals surface area contributed by atoms with Crippen LogP contribution >= 0.6 is 12.2 Å². The number of aliphatic imine (C=N–C) groups is 1. The monoisotopic (exact) mass is 252 g/mol. The third kappa shape index (κ3) is 3.72. The number of primary amides is 1. The maximum atomic E-state index is 10.7. The van der Waals surface area contributed by atoms with Crippen molar-refractivity contribution in [1.82, 2.24) is 0 Å². The average molecular weight is 252 g/mol. The fourth-order valence-electron chi connectivity index (χ4n) is 1.41. The van der Waals surface area contributed by atoms with Gasteiger partial charge < -0.3 is 15.9 Å². The van der Waals surface area contributed by atoms with E-state index >= 15 is 0 Å². The molecule has 2 atom stereocenters. The van der Waals surface area contributed by atoms with Gasteiger partial charge in [-0.15, -0.1) is 0 Å². The molecular weight excluding hydrogens is 240 g/mol. The normalized spacial score (nSPS) is 13.5. The Balaban J connectivity index is 2.98. The average Bonchev–Trinajstić information content (AvgIpc) is 2.28. The number of hydrogen-bond acceptors (Lipinski definition) is 5. The molecule has 0 radical (unpaired) electrons. The van der Waals surface area contributed by atoms with Crippen LogP contribution in [0.2, 0.25) is 0 Å². The van der Waals surface area contributed by atoms with E-state index in [9.17, 15) is 15.0 Å². The number of benzene rings is 1. The summed E-state index contributed by atoms with van der Waals surface area (Å²) in [5, 5.41) is 21.6. The number of isothiocyanates is 1. The number of aliphatic hydroxyl groups excluding tert-OH is 2. The Morgan fingerprint density at radius 3 is 2.71 bits per heavy atom. The van der Waals surface area contributed by atoms with Crippen molar-refractivity contribution in [2.24, 2.45) is 10.7 Å². The van der Waals surface area contributed by atoms with Gasteiger partial charge in [0, 0.05) is 5.56 Å². The Morgan fingerprint density at radius 1 is 1.47 bits per heavy atom. The van der Waals surface area contributed by atoms with E-state index in [1.54, 1.807) is 24.3 Å². The number of para-hydroxylation sites is 1. The number of nitrogens with zero attached hydrogens (tertiary/aromatic N) is 1. The smallest absolute Gasteiger partial charge is 0.220 e. The molecule has 0 aliphatic rings. The summed E-state index contributed by atoms with van der Waals surface area (Å²) in [6.07, 6.45) is -2.84. The van der Waals surface area contributed by atoms with Crippen molar-refractivity contribution in [1.29, 1.82) is 0 Å². The molecule has 1 rings (SSSR count). The largest absolute Gasteiger partial charge is 0.390 e. The van der Waals surface area contributed by atoms with Gasteiger partial charge in [0.25, 0.3) is 0 Å². The molecule has 2 unspecified atom stereocenters. The molecule has 6 heteroatoms. The molecular formula is C11H12N2O3S. The van der Waals surface area contributed by atoms with Crippen LogP contribution in [0.25, 0.3) is 0 Å². The van der Waals surface area contributed by atoms with Crippen molar-refractivity contribution in [3.05, 3.63) is 29.8 Å². The molecule has 90 valence electrons. The number of amides is 1. The molecule has 5 nitrogen and oxygen atoms in total. The van der Waals surface area contributed by atoms with Crippen molar-refractivity contribution in [2.45, 2.75) is 18.6 Å². The molecule has 0 heterocycles. The van der Waals surface area contributed by atoms with Gasteiger partial charge in [0.05, 0.1) is 23.4 Å². The quantitative estimate of drug-likeness (QED) is 0.530. The SMILES string of the molecule is NC(=O)CC(O)C(O)c1ccccc1N=C=S. The van der Waals surface area contributed by atoms with Crippen LogP contribution in [0.3, 0.4) is 0 Å². The number of aliphatic hydroxyl groups is 2. The van der Waals surface area contributed by atoms with E-state index in [0.29, 0.717) is 11.3 Å². The van der Waals surface area contributed by atoms with Gasteiger partial charge in [0.2, 0.25) is 5.91 Å². The lowest BCUT2D eigenvalue weighted by molar-refractivity contribution is -0.121. The minimum absolute atomic E-state index is 0.323. The fraction of sp³-hybridized carbons (Fsp3) is 0.273. The maximum Gasteiger partial charge on any atom is 0.220 e. The molecule has 0 aliphatic heterocycles. The molecule has 17 heavy (non-hydrogen) atoms. The van der Waals surface area contributed by atoms with E-state index in [-0.39, 0.29) is 6.42 Å². The Hall–Kier alpha value is -1.59. The zero-order valence-corrected chi connectivity index (χ0v) is 9.72. The van der Waals surface area contributed by atoms with Crippen molar-refractivity contribution in [2.75, 3.05) is 0 Å². The summed E-state index contributed by atoms with van der Waals surface area (Å²) in [4.78, 5) is 14.4. The van der Waals surface area contributed by atoms with E-state index in [0.717, 1.165) is 0 Å². The van der Waals surface area contributed by atoms with Gasteiger partial charge in [-0.1, -0.05) is 18.2 Å². The highest BCUT2D eigenvalue weighted by molar-refractivity contribution is 7.78. The Labute approximate surface area is 104 Å². The standard InChI is InChI=1S/C11H12N2O3S/c12-10(15)5-9(14)11(16)7-3-1-2-4-8(7)13-6-17/h1-4,9,11,14,16H,5H2,(H2,12,15). The number of carbonyl (C=O) groups is 1. The van der Waals surface area contributed by atoms with Crippen molar-refractivity contribution in [3.8, 4) is 0 Å². The molecule has 1 aromatic rings. The zero-order valence-electron chi connectivity index (χ0n) is 8.91. The first kappa shape index (κ1) is 13.5. The summed E-state index contributed by atoms with van der Waals surface area (Å²) < 4.78 is 0. The van der Waals surface area contributed by atoms with Gasteiger partial charge in [-0.2, -0.15) is 4.99 Å². The number of thiocarbonyl (C=S) groups is 1. The van der Waals surface area contributed by atoms with Gasteiger partial charge in [-0.3, -0.25) is 4.79 Å². The Morgan fingerprint density at radius 2 is 2.12 bits per heavy atom. The Bertz CT molecular complexity index is 458. The van der Waals surface area contributed by atoms with Crippen LogP contribution in [0.4, 0.5) is 5.69 Å². The first-order valence-electron chi connectivity index (χ1n) is 4.87. The Kier molecular flexibility index (Phi) is 4.93. The molecule has 0 fully saturated rings. The lowest BCUT2D eigenvalue weighted by Crippen LogP contribution is -2.25. The molecule has 4 N–H and O–H groups in total. The molecule has 0 aromatic heterocycles. The summed E-state index contributed by atoms with van der Waals surface area (Å²) in [7, 11) is 0. The molecule has 0 saturated heterocycles. The van der Waals surface area contributed by atoms with Gasteiger partial charge in [0.15, 0.2) is 0 Å². The molecule has 0 saturated carbocycles. The third-order valence-electron chi connectivity index (χ3n) is 2.20.